The maximum absolute atomic E-state index is 12.9. The first-order valence-electron chi connectivity index (χ1n) is 10.8. The number of hydrogen-bond donors (Lipinski definition) is 4. The number of halogens is 1. The minimum atomic E-state index is -0.182. The summed E-state index contributed by atoms with van der Waals surface area (Å²) in [5.74, 6) is -0.182. The molecule has 1 amide bonds. The predicted molar refractivity (Wildman–Crippen MR) is 133 cm³/mol. The Morgan fingerprint density at radius 3 is 2.30 bits per heavy atom. The Morgan fingerprint density at radius 1 is 0.939 bits per heavy atom. The van der Waals surface area contributed by atoms with Crippen LogP contribution in [0.2, 0.25) is 5.02 Å². The van der Waals surface area contributed by atoms with Crippen LogP contribution in [0.5, 0.6) is 0 Å². The van der Waals surface area contributed by atoms with E-state index in [1.54, 1.807) is 12.1 Å². The van der Waals surface area contributed by atoms with E-state index in [0.29, 0.717) is 41.6 Å². The molecule has 7 heteroatoms. The van der Waals surface area contributed by atoms with Crippen molar-refractivity contribution in [1.82, 2.24) is 4.90 Å². The molecule has 0 aliphatic carbocycles. The Bertz CT molecular complexity index is 1140. The van der Waals surface area contributed by atoms with Crippen molar-refractivity contribution in [2.75, 3.05) is 36.9 Å². The molecule has 1 heterocycles. The van der Waals surface area contributed by atoms with Crippen LogP contribution < -0.4 is 10.6 Å². The van der Waals surface area contributed by atoms with Crippen LogP contribution in [0.25, 0.3) is 11.3 Å². The van der Waals surface area contributed by atoms with E-state index < -0.39 is 0 Å². The number of fused-ring (bicyclic) bond motifs is 1. The summed E-state index contributed by atoms with van der Waals surface area (Å²) in [7, 11) is 0. The zero-order chi connectivity index (χ0) is 23.2. The summed E-state index contributed by atoms with van der Waals surface area (Å²) in [5.41, 5.74) is 5.58. The second-order valence-corrected chi connectivity index (χ2v) is 8.24. The topological polar surface area (TPSA) is 84.8 Å². The van der Waals surface area contributed by atoms with Crippen LogP contribution in [0.3, 0.4) is 0 Å². The summed E-state index contributed by atoms with van der Waals surface area (Å²) in [5, 5.41) is 25.4. The Balaban J connectivity index is 1.66. The smallest absolute Gasteiger partial charge is 0.258 e. The van der Waals surface area contributed by atoms with Gasteiger partial charge in [-0.15, -0.1) is 0 Å². The second-order valence-electron chi connectivity index (χ2n) is 7.81. The second kappa shape index (κ2) is 10.6. The zero-order valence-electron chi connectivity index (χ0n) is 18.1. The maximum Gasteiger partial charge on any atom is 0.258 e. The zero-order valence-corrected chi connectivity index (χ0v) is 18.8. The highest BCUT2D eigenvalue weighted by Gasteiger charge is 2.28. The summed E-state index contributed by atoms with van der Waals surface area (Å²) >= 11 is 6.12. The van der Waals surface area contributed by atoms with Crippen LogP contribution in [0.1, 0.15) is 16.7 Å². The fourth-order valence-corrected chi connectivity index (χ4v) is 4.10. The molecule has 0 saturated heterocycles. The molecule has 0 atom stereocenters. The summed E-state index contributed by atoms with van der Waals surface area (Å²) in [6.07, 6.45) is 0. The van der Waals surface area contributed by atoms with Crippen LogP contribution in [-0.2, 0) is 11.3 Å². The Labute approximate surface area is 198 Å². The number of nitrogens with one attached hydrogen (secondary N) is 2. The highest BCUT2D eigenvalue weighted by atomic mass is 35.5. The highest BCUT2D eigenvalue weighted by molar-refractivity contribution is 6.38. The van der Waals surface area contributed by atoms with E-state index >= 15 is 0 Å². The van der Waals surface area contributed by atoms with Gasteiger partial charge in [0.2, 0.25) is 0 Å². The Hall–Kier alpha value is -3.16. The molecule has 1 aliphatic heterocycles. The monoisotopic (exact) mass is 463 g/mol. The molecule has 170 valence electrons. The molecule has 0 fully saturated rings. The molecule has 1 aliphatic rings. The first-order valence-corrected chi connectivity index (χ1v) is 11.2. The molecule has 0 unspecified atom stereocenters. The molecule has 4 N–H and O–H groups in total. The molecule has 0 radical (unpaired) electrons. The normalized spacial score (nSPS) is 14.2. The fraction of sp³-hybridized carbons (Fsp3) is 0.192. The van der Waals surface area contributed by atoms with Crippen molar-refractivity contribution in [2.24, 2.45) is 0 Å². The number of anilines is 2. The van der Waals surface area contributed by atoms with E-state index in [0.717, 1.165) is 22.4 Å². The SMILES string of the molecule is O=C1Nc2cc(Cl)ccc2/C1=C(/Nc1ccc(CN(CCO)CCO)cc1)c1ccccc1. The van der Waals surface area contributed by atoms with Crippen molar-refractivity contribution in [3.05, 3.63) is 94.5 Å². The van der Waals surface area contributed by atoms with Crippen molar-refractivity contribution in [1.29, 1.82) is 0 Å². The van der Waals surface area contributed by atoms with Gasteiger partial charge in [-0.3, -0.25) is 9.69 Å². The average Bonchev–Trinajstić information content (AvgIpc) is 3.14. The highest BCUT2D eigenvalue weighted by Crippen LogP contribution is 2.38. The van der Waals surface area contributed by atoms with Gasteiger partial charge in [-0.25, -0.2) is 0 Å². The van der Waals surface area contributed by atoms with Gasteiger partial charge < -0.3 is 20.8 Å². The van der Waals surface area contributed by atoms with Crippen molar-refractivity contribution in [3.8, 4) is 0 Å². The van der Waals surface area contributed by atoms with Gasteiger partial charge in [0.1, 0.15) is 0 Å². The van der Waals surface area contributed by atoms with Crippen LogP contribution in [-0.4, -0.2) is 47.3 Å². The number of aliphatic hydroxyl groups excluding tert-OH is 2. The van der Waals surface area contributed by atoms with Gasteiger partial charge in [0, 0.05) is 35.9 Å². The molecule has 33 heavy (non-hydrogen) atoms. The van der Waals surface area contributed by atoms with Gasteiger partial charge in [0.05, 0.1) is 30.2 Å². The third-order valence-electron chi connectivity index (χ3n) is 5.50. The molecule has 0 aromatic heterocycles. The maximum atomic E-state index is 12.9. The number of rotatable bonds is 9. The van der Waals surface area contributed by atoms with Crippen molar-refractivity contribution in [2.45, 2.75) is 6.54 Å². The van der Waals surface area contributed by atoms with E-state index in [9.17, 15) is 15.0 Å². The van der Waals surface area contributed by atoms with E-state index in [2.05, 4.69) is 10.6 Å². The first-order chi connectivity index (χ1) is 16.1. The predicted octanol–water partition coefficient (Wildman–Crippen LogP) is 4.06. The lowest BCUT2D eigenvalue weighted by atomic mass is 10.00. The van der Waals surface area contributed by atoms with Gasteiger partial charge in [0.25, 0.3) is 5.91 Å². The number of carbonyl (C=O) groups is 1. The summed E-state index contributed by atoms with van der Waals surface area (Å²) in [6, 6.07) is 23.1. The molecule has 0 bridgehead atoms. The van der Waals surface area contributed by atoms with E-state index in [-0.39, 0.29) is 19.1 Å². The van der Waals surface area contributed by atoms with E-state index in [4.69, 9.17) is 11.6 Å². The summed E-state index contributed by atoms with van der Waals surface area (Å²) in [6.45, 7) is 1.72. The third-order valence-corrected chi connectivity index (χ3v) is 5.74. The van der Waals surface area contributed by atoms with Crippen LogP contribution in [0.4, 0.5) is 11.4 Å². The lowest BCUT2D eigenvalue weighted by Gasteiger charge is -2.20. The number of amides is 1. The van der Waals surface area contributed by atoms with E-state index in [1.165, 1.54) is 0 Å². The lowest BCUT2D eigenvalue weighted by Crippen LogP contribution is -2.29. The average molecular weight is 464 g/mol. The molecular weight excluding hydrogens is 438 g/mol. The van der Waals surface area contributed by atoms with Crippen molar-refractivity contribution in [3.63, 3.8) is 0 Å². The number of carbonyl (C=O) groups excluding carboxylic acids is 1. The number of hydrogen-bond acceptors (Lipinski definition) is 5. The van der Waals surface area contributed by atoms with Gasteiger partial charge in [0.15, 0.2) is 0 Å². The Kier molecular flexibility index (Phi) is 7.42. The minimum absolute atomic E-state index is 0.0440. The largest absolute Gasteiger partial charge is 0.395 e. The minimum Gasteiger partial charge on any atom is -0.395 e. The van der Waals surface area contributed by atoms with Crippen LogP contribution in [0, 0.1) is 0 Å². The lowest BCUT2D eigenvalue weighted by molar-refractivity contribution is -0.110. The molecular formula is C26H26ClN3O3. The number of aliphatic hydroxyl groups is 2. The van der Waals surface area contributed by atoms with Crippen molar-refractivity contribution >= 4 is 40.2 Å². The molecule has 3 aromatic rings. The molecule has 0 spiro atoms. The number of benzene rings is 3. The quantitative estimate of drug-likeness (QED) is 0.360. The molecule has 3 aromatic carbocycles. The van der Waals surface area contributed by atoms with Gasteiger partial charge in [-0.1, -0.05) is 60.1 Å². The van der Waals surface area contributed by atoms with E-state index in [1.807, 2.05) is 65.6 Å². The Morgan fingerprint density at radius 2 is 1.64 bits per heavy atom. The van der Waals surface area contributed by atoms with Gasteiger partial charge in [-0.05, 0) is 35.4 Å². The fourth-order valence-electron chi connectivity index (χ4n) is 3.93. The first kappa shape index (κ1) is 23.0. The summed E-state index contributed by atoms with van der Waals surface area (Å²) < 4.78 is 0. The van der Waals surface area contributed by atoms with Crippen LogP contribution in [0.15, 0.2) is 72.8 Å². The standard InChI is InChI=1S/C26H26ClN3O3/c27-20-8-11-22-23(16-20)29-26(33)24(22)25(19-4-2-1-3-5-19)28-21-9-6-18(7-10-21)17-30(12-14-31)13-15-32/h1-11,16,28,31-32H,12-15,17H2,(H,29,33)/b25-24-. The van der Waals surface area contributed by atoms with Crippen molar-refractivity contribution < 1.29 is 15.0 Å². The molecule has 4 rings (SSSR count). The molecule has 0 saturated carbocycles. The van der Waals surface area contributed by atoms with Crippen LogP contribution >= 0.6 is 11.6 Å². The van der Waals surface area contributed by atoms with Gasteiger partial charge >= 0.3 is 0 Å². The number of nitrogens with zero attached hydrogens (tertiary/aromatic N) is 1. The molecule has 6 nitrogen and oxygen atoms in total. The van der Waals surface area contributed by atoms with Gasteiger partial charge in [-0.2, -0.15) is 0 Å². The third kappa shape index (κ3) is 5.43. The summed E-state index contributed by atoms with van der Waals surface area (Å²) in [4.78, 5) is 14.9.